The molecule has 0 fully saturated rings. The summed E-state index contributed by atoms with van der Waals surface area (Å²) in [6.45, 7) is 10.7. The monoisotopic (exact) mass is 338 g/mol. The Hall–Kier alpha value is -2.75. The van der Waals surface area contributed by atoms with Crippen LogP contribution in [-0.4, -0.2) is 19.1 Å². The van der Waals surface area contributed by atoms with Crippen LogP contribution in [0.15, 0.2) is 60.7 Å². The molecule has 0 aliphatic carbocycles. The zero-order chi connectivity index (χ0) is 18.2. The van der Waals surface area contributed by atoms with Crippen molar-refractivity contribution in [3.8, 4) is 5.75 Å². The second kappa shape index (κ2) is 8.92. The van der Waals surface area contributed by atoms with Gasteiger partial charge in [-0.25, -0.2) is 0 Å². The number of rotatable bonds is 8. The van der Waals surface area contributed by atoms with E-state index < -0.39 is 0 Å². The standard InChI is InChI=1S/C21H26N2O2/c1-15(2)14-25-18-11-9-17(10-12-18)23-21(24)13-22-20-8-6-5-7-19(20)16(3)4/h5-12,16,22H,1,13-14H2,2-4H3,(H,23,24). The Bertz CT molecular complexity index is 721. The highest BCUT2D eigenvalue weighted by Gasteiger charge is 2.07. The van der Waals surface area contributed by atoms with Gasteiger partial charge >= 0.3 is 0 Å². The molecular formula is C21H26N2O2. The van der Waals surface area contributed by atoms with E-state index in [4.69, 9.17) is 4.74 Å². The molecule has 132 valence electrons. The van der Waals surface area contributed by atoms with Crippen molar-refractivity contribution >= 4 is 17.3 Å². The molecular weight excluding hydrogens is 312 g/mol. The van der Waals surface area contributed by atoms with Gasteiger partial charge in [-0.2, -0.15) is 0 Å². The van der Waals surface area contributed by atoms with Crippen LogP contribution in [0, 0.1) is 0 Å². The molecule has 0 atom stereocenters. The third-order valence-corrected chi connectivity index (χ3v) is 3.65. The molecule has 2 aromatic rings. The summed E-state index contributed by atoms with van der Waals surface area (Å²) in [5.74, 6) is 1.07. The Balaban J connectivity index is 1.87. The van der Waals surface area contributed by atoms with Gasteiger partial charge in [0, 0.05) is 11.4 Å². The first-order valence-electron chi connectivity index (χ1n) is 8.45. The minimum absolute atomic E-state index is 0.0887. The van der Waals surface area contributed by atoms with Gasteiger partial charge in [0.15, 0.2) is 0 Å². The van der Waals surface area contributed by atoms with Crippen molar-refractivity contribution in [2.75, 3.05) is 23.8 Å². The van der Waals surface area contributed by atoms with Crippen molar-refractivity contribution in [2.45, 2.75) is 26.7 Å². The molecule has 0 aliphatic rings. The Kier molecular flexibility index (Phi) is 6.63. The lowest BCUT2D eigenvalue weighted by Gasteiger charge is -2.14. The predicted octanol–water partition coefficient (Wildman–Crippen LogP) is 4.82. The summed E-state index contributed by atoms with van der Waals surface area (Å²) in [7, 11) is 0. The number of benzene rings is 2. The van der Waals surface area contributed by atoms with Gasteiger partial charge in [0.2, 0.25) is 5.91 Å². The van der Waals surface area contributed by atoms with Crippen molar-refractivity contribution in [3.63, 3.8) is 0 Å². The summed E-state index contributed by atoms with van der Waals surface area (Å²) >= 11 is 0. The second-order valence-electron chi connectivity index (χ2n) is 6.41. The number of amides is 1. The number of carbonyl (C=O) groups is 1. The average molecular weight is 338 g/mol. The maximum atomic E-state index is 12.2. The zero-order valence-corrected chi connectivity index (χ0v) is 15.1. The third kappa shape index (κ3) is 5.99. The van der Waals surface area contributed by atoms with Gasteiger partial charge in [-0.3, -0.25) is 4.79 Å². The highest BCUT2D eigenvalue weighted by molar-refractivity contribution is 5.93. The summed E-state index contributed by atoms with van der Waals surface area (Å²) in [6, 6.07) is 15.4. The number of nitrogens with one attached hydrogen (secondary N) is 2. The smallest absolute Gasteiger partial charge is 0.243 e. The van der Waals surface area contributed by atoms with Crippen LogP contribution in [0.25, 0.3) is 0 Å². The van der Waals surface area contributed by atoms with E-state index in [9.17, 15) is 4.79 Å². The molecule has 0 saturated heterocycles. The number of hydrogen-bond donors (Lipinski definition) is 2. The molecule has 2 rings (SSSR count). The topological polar surface area (TPSA) is 50.4 Å². The molecule has 4 nitrogen and oxygen atoms in total. The molecule has 1 amide bonds. The fraction of sp³-hybridized carbons (Fsp3) is 0.286. The van der Waals surface area contributed by atoms with Gasteiger partial charge in [0.25, 0.3) is 0 Å². The summed E-state index contributed by atoms with van der Waals surface area (Å²) in [4.78, 5) is 12.2. The molecule has 0 aromatic heterocycles. The molecule has 0 saturated carbocycles. The number of anilines is 2. The normalized spacial score (nSPS) is 10.4. The van der Waals surface area contributed by atoms with Crippen molar-refractivity contribution in [1.82, 2.24) is 0 Å². The molecule has 2 aromatic carbocycles. The highest BCUT2D eigenvalue weighted by atomic mass is 16.5. The van der Waals surface area contributed by atoms with E-state index in [1.54, 1.807) is 0 Å². The predicted molar refractivity (Wildman–Crippen MR) is 104 cm³/mol. The molecule has 0 radical (unpaired) electrons. The highest BCUT2D eigenvalue weighted by Crippen LogP contribution is 2.23. The quantitative estimate of drug-likeness (QED) is 0.679. The maximum absolute atomic E-state index is 12.2. The minimum Gasteiger partial charge on any atom is -0.489 e. The molecule has 0 aliphatic heterocycles. The number of carbonyl (C=O) groups excluding carboxylic acids is 1. The summed E-state index contributed by atoms with van der Waals surface area (Å²) in [5, 5.41) is 6.09. The van der Waals surface area contributed by atoms with Crippen LogP contribution < -0.4 is 15.4 Å². The van der Waals surface area contributed by atoms with E-state index in [-0.39, 0.29) is 12.5 Å². The maximum Gasteiger partial charge on any atom is 0.243 e. The Morgan fingerprint density at radius 3 is 2.44 bits per heavy atom. The first-order chi connectivity index (χ1) is 12.0. The first kappa shape index (κ1) is 18.6. The fourth-order valence-electron chi connectivity index (χ4n) is 2.38. The van der Waals surface area contributed by atoms with Crippen LogP contribution in [0.2, 0.25) is 0 Å². The van der Waals surface area contributed by atoms with Gasteiger partial charge < -0.3 is 15.4 Å². The lowest BCUT2D eigenvalue weighted by atomic mass is 10.0. The Labute approximate surface area is 149 Å². The molecule has 0 heterocycles. The molecule has 25 heavy (non-hydrogen) atoms. The number of para-hydroxylation sites is 1. The molecule has 4 heteroatoms. The van der Waals surface area contributed by atoms with E-state index in [0.29, 0.717) is 12.5 Å². The van der Waals surface area contributed by atoms with Crippen LogP contribution in [0.3, 0.4) is 0 Å². The number of hydrogen-bond acceptors (Lipinski definition) is 3. The van der Waals surface area contributed by atoms with Gasteiger partial charge in [0.1, 0.15) is 12.4 Å². The van der Waals surface area contributed by atoms with Crippen molar-refractivity contribution in [1.29, 1.82) is 0 Å². The Morgan fingerprint density at radius 1 is 1.12 bits per heavy atom. The van der Waals surface area contributed by atoms with Gasteiger partial charge in [0.05, 0.1) is 6.54 Å². The van der Waals surface area contributed by atoms with E-state index in [0.717, 1.165) is 22.7 Å². The van der Waals surface area contributed by atoms with E-state index >= 15 is 0 Å². The molecule has 2 N–H and O–H groups in total. The van der Waals surface area contributed by atoms with Crippen LogP contribution in [0.4, 0.5) is 11.4 Å². The summed E-state index contributed by atoms with van der Waals surface area (Å²) in [6.07, 6.45) is 0. The SMILES string of the molecule is C=C(C)COc1ccc(NC(=O)CNc2ccccc2C(C)C)cc1. The lowest BCUT2D eigenvalue weighted by Crippen LogP contribution is -2.22. The van der Waals surface area contributed by atoms with Gasteiger partial charge in [-0.1, -0.05) is 38.6 Å². The fourth-order valence-corrected chi connectivity index (χ4v) is 2.38. The largest absolute Gasteiger partial charge is 0.489 e. The third-order valence-electron chi connectivity index (χ3n) is 3.65. The zero-order valence-electron chi connectivity index (χ0n) is 15.1. The summed E-state index contributed by atoms with van der Waals surface area (Å²) < 4.78 is 5.54. The van der Waals surface area contributed by atoms with Crippen molar-refractivity contribution in [2.24, 2.45) is 0 Å². The lowest BCUT2D eigenvalue weighted by molar-refractivity contribution is -0.114. The second-order valence-corrected chi connectivity index (χ2v) is 6.41. The molecule has 0 bridgehead atoms. The van der Waals surface area contributed by atoms with E-state index in [2.05, 4.69) is 37.1 Å². The van der Waals surface area contributed by atoms with Crippen molar-refractivity contribution < 1.29 is 9.53 Å². The average Bonchev–Trinajstić information content (AvgIpc) is 2.59. The van der Waals surface area contributed by atoms with E-state index in [1.165, 1.54) is 5.56 Å². The first-order valence-corrected chi connectivity index (χ1v) is 8.45. The minimum atomic E-state index is -0.0887. The number of ether oxygens (including phenoxy) is 1. The van der Waals surface area contributed by atoms with Crippen LogP contribution in [-0.2, 0) is 4.79 Å². The van der Waals surface area contributed by atoms with Gasteiger partial charge in [-0.05, 0) is 54.3 Å². The van der Waals surface area contributed by atoms with E-state index in [1.807, 2.05) is 49.4 Å². The molecule has 0 spiro atoms. The van der Waals surface area contributed by atoms with Crippen LogP contribution in [0.5, 0.6) is 5.75 Å². The summed E-state index contributed by atoms with van der Waals surface area (Å²) in [5.41, 5.74) is 3.90. The van der Waals surface area contributed by atoms with Crippen LogP contribution >= 0.6 is 0 Å². The molecule has 0 unspecified atom stereocenters. The van der Waals surface area contributed by atoms with Gasteiger partial charge in [-0.15, -0.1) is 0 Å². The van der Waals surface area contributed by atoms with Crippen LogP contribution in [0.1, 0.15) is 32.3 Å². The Morgan fingerprint density at radius 2 is 1.80 bits per heavy atom. The van der Waals surface area contributed by atoms with Crippen molar-refractivity contribution in [3.05, 3.63) is 66.2 Å².